The van der Waals surface area contributed by atoms with Crippen LogP contribution in [0.1, 0.15) is 58.9 Å². The van der Waals surface area contributed by atoms with Crippen molar-refractivity contribution in [2.45, 2.75) is 76.4 Å². The van der Waals surface area contributed by atoms with Crippen molar-refractivity contribution in [2.75, 3.05) is 0 Å². The van der Waals surface area contributed by atoms with Crippen LogP contribution in [0.5, 0.6) is 0 Å². The highest BCUT2D eigenvalue weighted by Gasteiger charge is 2.73. The summed E-state index contributed by atoms with van der Waals surface area (Å²) in [5.41, 5.74) is -1.65. The van der Waals surface area contributed by atoms with Gasteiger partial charge in [-0.3, -0.25) is 14.4 Å². The van der Waals surface area contributed by atoms with Crippen LogP contribution >= 0.6 is 23.2 Å². The van der Waals surface area contributed by atoms with E-state index in [2.05, 4.69) is 0 Å². The minimum atomic E-state index is -1.80. The van der Waals surface area contributed by atoms with E-state index in [1.54, 1.807) is 13.8 Å². The second-order valence-corrected chi connectivity index (χ2v) is 13.4. The van der Waals surface area contributed by atoms with E-state index >= 15 is 8.78 Å². The summed E-state index contributed by atoms with van der Waals surface area (Å²) in [7, 11) is 0. The van der Waals surface area contributed by atoms with E-state index in [4.69, 9.17) is 32.7 Å². The molecule has 4 aliphatic carbocycles. The van der Waals surface area contributed by atoms with E-state index in [1.807, 2.05) is 44.2 Å². The summed E-state index contributed by atoms with van der Waals surface area (Å²) in [6.07, 6.45) is 0.246. The molecule has 5 rings (SSSR count). The fourth-order valence-corrected chi connectivity index (χ4v) is 9.47. The van der Waals surface area contributed by atoms with Crippen molar-refractivity contribution in [3.63, 3.8) is 0 Å². The predicted octanol–water partition coefficient (Wildman–Crippen LogP) is 7.00. The number of allylic oxidation sites excluding steroid dienone is 3. The zero-order valence-corrected chi connectivity index (χ0v) is 24.5. The van der Waals surface area contributed by atoms with Gasteiger partial charge in [-0.2, -0.15) is 0 Å². The number of halogens is 4. The number of hydrogen-bond acceptors (Lipinski definition) is 5. The summed E-state index contributed by atoms with van der Waals surface area (Å²) in [4.78, 5) is 36.9. The summed E-state index contributed by atoms with van der Waals surface area (Å²) >= 11 is 14.6. The highest BCUT2D eigenvalue weighted by atomic mass is 35.5. The minimum Gasteiger partial charge on any atom is -0.461 e. The first-order valence-electron chi connectivity index (χ1n) is 13.9. The van der Waals surface area contributed by atoms with Gasteiger partial charge in [-0.05, 0) is 54.1 Å². The molecule has 1 aromatic rings. The van der Waals surface area contributed by atoms with E-state index in [9.17, 15) is 14.4 Å². The van der Waals surface area contributed by atoms with Gasteiger partial charge in [-0.15, -0.1) is 23.2 Å². The molecule has 3 saturated carbocycles. The molecule has 3 fully saturated rings. The molecule has 4 aliphatic rings. The molecule has 1 aromatic carbocycles. The molecule has 0 heterocycles. The van der Waals surface area contributed by atoms with E-state index in [0.29, 0.717) is 12.8 Å². The van der Waals surface area contributed by atoms with Gasteiger partial charge < -0.3 is 9.47 Å². The molecule has 0 unspecified atom stereocenters. The maximum absolute atomic E-state index is 16.0. The Kier molecular flexibility index (Phi) is 7.48. The largest absolute Gasteiger partial charge is 0.461 e. The van der Waals surface area contributed by atoms with Crippen molar-refractivity contribution < 1.29 is 32.6 Å². The standard InChI is InChI=1S/C31H34Cl2F2O5/c1-5-23(36)40-21-13-30(4)25(26(35)27(21)37)20(34)12-19-18-11-16(2)24(29(18,3)14-22(32)31(19,30)33)28(38)39-15-17-9-7-6-8-10-17/h6-10,13,16,18-20,22,24H,5,11-12,14-15H2,1-4H3/t16-,18-,19-,20-,22-,24+,29-,30-,31-/m0/s1/i37+1. The molecular formula is C31H34Cl2F2O5. The summed E-state index contributed by atoms with van der Waals surface area (Å²) in [5.74, 6) is -5.30. The van der Waals surface area contributed by atoms with E-state index in [0.717, 1.165) is 5.56 Å². The first-order chi connectivity index (χ1) is 18.8. The minimum absolute atomic E-state index is 0.0297. The van der Waals surface area contributed by atoms with Crippen molar-refractivity contribution in [1.29, 1.82) is 0 Å². The Morgan fingerprint density at radius 2 is 1.82 bits per heavy atom. The molecule has 0 radical (unpaired) electrons. The topological polar surface area (TPSA) is 69.7 Å². The summed E-state index contributed by atoms with van der Waals surface area (Å²) in [5, 5.41) is -0.817. The lowest BCUT2D eigenvalue weighted by Crippen LogP contribution is -2.66. The molecule has 0 spiro atoms. The van der Waals surface area contributed by atoms with E-state index in [1.165, 1.54) is 6.08 Å². The van der Waals surface area contributed by atoms with Gasteiger partial charge >= 0.3 is 11.9 Å². The molecule has 40 heavy (non-hydrogen) atoms. The highest BCUT2D eigenvalue weighted by molar-refractivity contribution is 6.34. The Balaban J connectivity index is 1.52. The number of fused-ring (bicyclic) bond motifs is 5. The number of esters is 2. The van der Waals surface area contributed by atoms with Crippen LogP contribution in [0.25, 0.3) is 0 Å². The molecule has 0 aliphatic heterocycles. The molecule has 0 amide bonds. The molecule has 9 atom stereocenters. The lowest BCUT2D eigenvalue weighted by molar-refractivity contribution is -0.158. The second-order valence-electron chi connectivity index (χ2n) is 12.2. The van der Waals surface area contributed by atoms with Gasteiger partial charge in [-0.25, -0.2) is 8.78 Å². The monoisotopic (exact) mass is 595 g/mol. The summed E-state index contributed by atoms with van der Waals surface area (Å²) in [6.45, 7) is 7.25. The Hall–Kier alpha value is -2.25. The zero-order chi connectivity index (χ0) is 29.2. The first kappa shape index (κ1) is 29.2. The Morgan fingerprint density at radius 1 is 1.15 bits per heavy atom. The maximum Gasteiger partial charge on any atom is 0.311 e. The molecule has 0 aromatic heterocycles. The Bertz CT molecular complexity index is 1300. The van der Waals surface area contributed by atoms with Gasteiger partial charge in [0.1, 0.15) is 12.8 Å². The number of carbonyl (C=O) groups excluding carboxylic acids is 3. The van der Waals surface area contributed by atoms with Crippen LogP contribution < -0.4 is 0 Å². The fraction of sp³-hybridized carbons (Fsp3) is 0.581. The van der Waals surface area contributed by atoms with E-state index < -0.39 is 62.4 Å². The van der Waals surface area contributed by atoms with Crippen LogP contribution in [-0.4, -0.2) is 34.1 Å². The number of hydrogen-bond donors (Lipinski definition) is 0. The molecular weight excluding hydrogens is 562 g/mol. The second kappa shape index (κ2) is 10.2. The van der Waals surface area contributed by atoms with Crippen LogP contribution in [0, 0.1) is 34.5 Å². The van der Waals surface area contributed by atoms with Crippen LogP contribution in [0.3, 0.4) is 0 Å². The third kappa shape index (κ3) is 4.17. The maximum atomic E-state index is 16.0. The van der Waals surface area contributed by atoms with Crippen LogP contribution in [0.4, 0.5) is 8.78 Å². The number of ether oxygens (including phenoxy) is 2. The van der Waals surface area contributed by atoms with Gasteiger partial charge in [0.25, 0.3) is 5.78 Å². The zero-order valence-electron chi connectivity index (χ0n) is 23.0. The average Bonchev–Trinajstić information content (AvgIpc) is 3.17. The lowest BCUT2D eigenvalue weighted by atomic mass is 9.46. The Morgan fingerprint density at radius 3 is 2.48 bits per heavy atom. The highest BCUT2D eigenvalue weighted by Crippen LogP contribution is 2.72. The number of ketones is 1. The molecule has 9 heteroatoms. The van der Waals surface area contributed by atoms with Crippen LogP contribution in [0.2, 0.25) is 0 Å². The molecule has 0 N–H and O–H groups in total. The van der Waals surface area contributed by atoms with Gasteiger partial charge in [0, 0.05) is 17.4 Å². The van der Waals surface area contributed by atoms with Crippen LogP contribution in [-0.2, 0) is 30.5 Å². The van der Waals surface area contributed by atoms with Crippen molar-refractivity contribution >= 4 is 40.9 Å². The third-order valence-electron chi connectivity index (χ3n) is 10.1. The van der Waals surface area contributed by atoms with Crippen molar-refractivity contribution in [1.82, 2.24) is 0 Å². The smallest absolute Gasteiger partial charge is 0.311 e. The number of Topliss-reactive ketones (excluding diaryl/α,β-unsaturated/α-hetero) is 1. The fourth-order valence-electron chi connectivity index (χ4n) is 8.27. The van der Waals surface area contributed by atoms with Crippen LogP contribution in [0.15, 0.2) is 53.6 Å². The SMILES string of the molecule is CCC(=O)OC1=C[C@@]2(C)C(=C(F)C1=[17O])[C@@H](F)C[C@H]1[C@@H]3C[C@H](C)[C@H](C(=O)OCc4ccccc4)[C@@]3(C)C[C@H](Cl)[C@@]12Cl. The molecule has 216 valence electrons. The van der Waals surface area contributed by atoms with Gasteiger partial charge in [-0.1, -0.05) is 58.0 Å². The van der Waals surface area contributed by atoms with Crippen molar-refractivity contribution in [3.05, 3.63) is 59.1 Å². The number of alkyl halides is 3. The average molecular weight is 597 g/mol. The Labute approximate surface area is 243 Å². The normalized spacial score (nSPS) is 40.5. The van der Waals surface area contributed by atoms with Gasteiger partial charge in [0.05, 0.1) is 16.2 Å². The third-order valence-corrected chi connectivity index (χ3v) is 11.6. The summed E-state index contributed by atoms with van der Waals surface area (Å²) < 4.78 is 42.5. The quantitative estimate of drug-likeness (QED) is 0.270. The van der Waals surface area contributed by atoms with E-state index in [-0.39, 0.29) is 42.8 Å². The number of benzene rings is 1. The number of carbonyl (C=O) groups is 3. The lowest BCUT2D eigenvalue weighted by Gasteiger charge is -2.63. The molecule has 0 saturated heterocycles. The molecule has 5 nitrogen and oxygen atoms in total. The van der Waals surface area contributed by atoms with Crippen molar-refractivity contribution in [2.24, 2.45) is 34.5 Å². The number of rotatable bonds is 5. The van der Waals surface area contributed by atoms with Gasteiger partial charge in [0.2, 0.25) is 0 Å². The predicted molar refractivity (Wildman–Crippen MR) is 147 cm³/mol. The first-order valence-corrected chi connectivity index (χ1v) is 14.7. The summed E-state index contributed by atoms with van der Waals surface area (Å²) in [6, 6.07) is 9.41. The molecule has 0 bridgehead atoms. The van der Waals surface area contributed by atoms with Gasteiger partial charge in [0.15, 0.2) is 11.6 Å². The van der Waals surface area contributed by atoms with Crippen molar-refractivity contribution in [3.8, 4) is 0 Å².